The van der Waals surface area contributed by atoms with E-state index in [2.05, 4.69) is 16.7 Å². The molecule has 0 fully saturated rings. The number of carbonyl (C=O) groups is 1. The molecule has 0 spiro atoms. The van der Waals surface area contributed by atoms with Crippen molar-refractivity contribution >= 4 is 5.91 Å². The fourth-order valence-electron chi connectivity index (χ4n) is 2.38. The van der Waals surface area contributed by atoms with Gasteiger partial charge in [-0.25, -0.2) is 0 Å². The van der Waals surface area contributed by atoms with Gasteiger partial charge in [-0.1, -0.05) is 12.1 Å². The Labute approximate surface area is 114 Å². The monoisotopic (exact) mass is 262 g/mol. The summed E-state index contributed by atoms with van der Waals surface area (Å²) >= 11 is 0. The summed E-state index contributed by atoms with van der Waals surface area (Å²) < 4.78 is 5.32. The van der Waals surface area contributed by atoms with E-state index in [1.165, 1.54) is 11.1 Å². The lowest BCUT2D eigenvalue weighted by Crippen LogP contribution is -2.37. The Morgan fingerprint density at radius 3 is 3.16 bits per heavy atom. The predicted octanol–water partition coefficient (Wildman–Crippen LogP) is 1.49. The molecule has 1 heterocycles. The topological polar surface area (TPSA) is 50.4 Å². The predicted molar refractivity (Wildman–Crippen MR) is 75.3 cm³/mol. The van der Waals surface area contributed by atoms with Crippen molar-refractivity contribution in [2.24, 2.45) is 0 Å². The van der Waals surface area contributed by atoms with Crippen LogP contribution in [0.4, 0.5) is 0 Å². The Morgan fingerprint density at radius 1 is 1.53 bits per heavy atom. The van der Waals surface area contributed by atoms with Crippen LogP contribution in [-0.4, -0.2) is 31.7 Å². The number of rotatable bonds is 5. The lowest BCUT2D eigenvalue weighted by Gasteiger charge is -2.21. The van der Waals surface area contributed by atoms with Crippen LogP contribution in [0.3, 0.4) is 0 Å². The van der Waals surface area contributed by atoms with Crippen LogP contribution in [0.5, 0.6) is 0 Å². The molecule has 0 aliphatic carbocycles. The van der Waals surface area contributed by atoms with Gasteiger partial charge in [0.2, 0.25) is 0 Å². The number of hydrogen-bond donors (Lipinski definition) is 2. The second-order valence-electron chi connectivity index (χ2n) is 4.90. The smallest absolute Gasteiger partial charge is 0.251 e. The maximum atomic E-state index is 12.3. The van der Waals surface area contributed by atoms with Crippen LogP contribution in [-0.2, 0) is 17.7 Å². The Morgan fingerprint density at radius 2 is 2.37 bits per heavy atom. The van der Waals surface area contributed by atoms with Gasteiger partial charge in [0.1, 0.15) is 0 Å². The van der Waals surface area contributed by atoms with E-state index in [9.17, 15) is 4.79 Å². The summed E-state index contributed by atoms with van der Waals surface area (Å²) in [6.45, 7) is 6.93. The van der Waals surface area contributed by atoms with Crippen molar-refractivity contribution in [1.29, 1.82) is 0 Å². The van der Waals surface area contributed by atoms with Crippen molar-refractivity contribution < 1.29 is 9.53 Å². The normalized spacial score (nSPS) is 15.7. The number of ether oxygens (including phenoxy) is 1. The summed E-state index contributed by atoms with van der Waals surface area (Å²) in [6, 6.07) is 5.98. The van der Waals surface area contributed by atoms with Gasteiger partial charge in [-0.05, 0) is 44.0 Å². The van der Waals surface area contributed by atoms with Gasteiger partial charge in [0, 0.05) is 24.8 Å². The highest BCUT2D eigenvalue weighted by molar-refractivity contribution is 5.96. The first-order valence-electron chi connectivity index (χ1n) is 6.92. The van der Waals surface area contributed by atoms with Gasteiger partial charge in [0.05, 0.1) is 6.61 Å². The Kier molecular flexibility index (Phi) is 4.93. The summed E-state index contributed by atoms with van der Waals surface area (Å²) in [5.41, 5.74) is 3.22. The molecule has 0 radical (unpaired) electrons. The molecule has 1 aliphatic rings. The maximum absolute atomic E-state index is 12.3. The van der Waals surface area contributed by atoms with Crippen molar-refractivity contribution in [3.8, 4) is 0 Å². The zero-order chi connectivity index (χ0) is 13.7. The molecule has 1 aromatic rings. The Balaban J connectivity index is 2.07. The third-order valence-electron chi connectivity index (χ3n) is 3.33. The van der Waals surface area contributed by atoms with Crippen LogP contribution in [0.15, 0.2) is 18.2 Å². The first-order valence-corrected chi connectivity index (χ1v) is 6.92. The molecule has 0 bridgehead atoms. The number of benzene rings is 1. The highest BCUT2D eigenvalue weighted by atomic mass is 16.5. The van der Waals surface area contributed by atoms with E-state index in [4.69, 9.17) is 4.74 Å². The average Bonchev–Trinajstić information content (AvgIpc) is 2.44. The van der Waals surface area contributed by atoms with E-state index < -0.39 is 0 Å². The van der Waals surface area contributed by atoms with Gasteiger partial charge in [0.15, 0.2) is 0 Å². The minimum atomic E-state index is 0.00551. The number of hydrogen-bond acceptors (Lipinski definition) is 3. The first kappa shape index (κ1) is 14.0. The number of carbonyl (C=O) groups excluding carboxylic acids is 1. The molecule has 19 heavy (non-hydrogen) atoms. The second kappa shape index (κ2) is 6.68. The van der Waals surface area contributed by atoms with Crippen LogP contribution in [0.25, 0.3) is 0 Å². The standard InChI is InChI=1S/C15H22N2O2/c1-3-19-10-11(2)17-15(18)14-6-4-5-12-9-16-8-7-13(12)14/h4-6,11,16H,3,7-10H2,1-2H3,(H,17,18). The van der Waals surface area contributed by atoms with E-state index in [1.807, 2.05) is 26.0 Å². The van der Waals surface area contributed by atoms with Gasteiger partial charge >= 0.3 is 0 Å². The SMILES string of the molecule is CCOCC(C)NC(=O)c1cccc2c1CCNC2. The van der Waals surface area contributed by atoms with Crippen LogP contribution < -0.4 is 10.6 Å². The van der Waals surface area contributed by atoms with E-state index in [-0.39, 0.29) is 11.9 Å². The van der Waals surface area contributed by atoms with E-state index >= 15 is 0 Å². The van der Waals surface area contributed by atoms with Gasteiger partial charge in [-0.3, -0.25) is 4.79 Å². The molecule has 2 N–H and O–H groups in total. The van der Waals surface area contributed by atoms with Crippen molar-refractivity contribution in [2.45, 2.75) is 32.9 Å². The molecular formula is C15H22N2O2. The molecule has 1 unspecified atom stereocenters. The summed E-state index contributed by atoms with van der Waals surface area (Å²) in [4.78, 5) is 12.3. The van der Waals surface area contributed by atoms with Crippen LogP contribution in [0.2, 0.25) is 0 Å². The first-order chi connectivity index (χ1) is 9.22. The summed E-state index contributed by atoms with van der Waals surface area (Å²) in [6.07, 6.45) is 0.915. The quantitative estimate of drug-likeness (QED) is 0.845. The molecule has 4 nitrogen and oxygen atoms in total. The minimum absolute atomic E-state index is 0.00551. The van der Waals surface area contributed by atoms with Gasteiger partial charge in [-0.2, -0.15) is 0 Å². The molecule has 0 saturated heterocycles. The molecule has 1 atom stereocenters. The van der Waals surface area contributed by atoms with Gasteiger partial charge in [0.25, 0.3) is 5.91 Å². The van der Waals surface area contributed by atoms with Gasteiger partial charge in [-0.15, -0.1) is 0 Å². The second-order valence-corrected chi connectivity index (χ2v) is 4.90. The molecule has 4 heteroatoms. The summed E-state index contributed by atoms with van der Waals surface area (Å²) in [7, 11) is 0. The summed E-state index contributed by atoms with van der Waals surface area (Å²) in [5.74, 6) is 0.00551. The van der Waals surface area contributed by atoms with Crippen molar-refractivity contribution in [3.05, 3.63) is 34.9 Å². The largest absolute Gasteiger partial charge is 0.380 e. The third kappa shape index (κ3) is 3.55. The highest BCUT2D eigenvalue weighted by Gasteiger charge is 2.18. The fourth-order valence-corrected chi connectivity index (χ4v) is 2.38. The Hall–Kier alpha value is -1.39. The van der Waals surface area contributed by atoms with Gasteiger partial charge < -0.3 is 15.4 Å². The van der Waals surface area contributed by atoms with E-state index in [1.54, 1.807) is 0 Å². The molecule has 0 aromatic heterocycles. The molecule has 1 aliphatic heterocycles. The zero-order valence-corrected chi connectivity index (χ0v) is 11.7. The number of amides is 1. The van der Waals surface area contributed by atoms with Crippen molar-refractivity contribution in [3.63, 3.8) is 0 Å². The molecule has 104 valence electrons. The van der Waals surface area contributed by atoms with Crippen LogP contribution in [0.1, 0.15) is 35.3 Å². The maximum Gasteiger partial charge on any atom is 0.251 e. The van der Waals surface area contributed by atoms with Crippen LogP contribution in [0, 0.1) is 0 Å². The Bertz CT molecular complexity index is 446. The average molecular weight is 262 g/mol. The van der Waals surface area contributed by atoms with E-state index in [0.29, 0.717) is 13.2 Å². The molecule has 1 amide bonds. The minimum Gasteiger partial charge on any atom is -0.380 e. The lowest BCUT2D eigenvalue weighted by molar-refractivity contribution is 0.0871. The van der Waals surface area contributed by atoms with E-state index in [0.717, 1.165) is 25.1 Å². The highest BCUT2D eigenvalue weighted by Crippen LogP contribution is 2.18. The van der Waals surface area contributed by atoms with Crippen molar-refractivity contribution in [2.75, 3.05) is 19.8 Å². The molecule has 1 aromatic carbocycles. The zero-order valence-electron chi connectivity index (χ0n) is 11.7. The molecular weight excluding hydrogens is 240 g/mol. The molecule has 2 rings (SSSR count). The fraction of sp³-hybridized carbons (Fsp3) is 0.533. The van der Waals surface area contributed by atoms with Crippen LogP contribution >= 0.6 is 0 Å². The number of nitrogens with one attached hydrogen (secondary N) is 2. The molecule has 0 saturated carbocycles. The summed E-state index contributed by atoms with van der Waals surface area (Å²) in [5, 5.41) is 6.32. The van der Waals surface area contributed by atoms with Crippen molar-refractivity contribution in [1.82, 2.24) is 10.6 Å². The number of fused-ring (bicyclic) bond motifs is 1. The third-order valence-corrected chi connectivity index (χ3v) is 3.33. The lowest BCUT2D eigenvalue weighted by atomic mass is 9.95.